The first-order valence-corrected chi connectivity index (χ1v) is 8.05. The summed E-state index contributed by atoms with van der Waals surface area (Å²) in [4.78, 5) is 26.2. The number of aromatic nitrogens is 3. The first kappa shape index (κ1) is 17.2. The Hall–Kier alpha value is -2.68. The summed E-state index contributed by atoms with van der Waals surface area (Å²) in [6, 6.07) is 1.98. The highest BCUT2D eigenvalue weighted by Gasteiger charge is 2.36. The van der Waals surface area contributed by atoms with Crippen LogP contribution in [0.4, 0.5) is 16.6 Å². The lowest BCUT2D eigenvalue weighted by Crippen LogP contribution is -2.39. The second-order valence-corrected chi connectivity index (χ2v) is 6.11. The van der Waals surface area contributed by atoms with Crippen LogP contribution >= 0.6 is 0 Å². The van der Waals surface area contributed by atoms with E-state index in [0.29, 0.717) is 30.4 Å². The van der Waals surface area contributed by atoms with Gasteiger partial charge in [-0.15, -0.1) is 0 Å². The van der Waals surface area contributed by atoms with Crippen molar-refractivity contribution in [3.05, 3.63) is 17.3 Å². The van der Waals surface area contributed by atoms with Crippen molar-refractivity contribution in [2.75, 3.05) is 31.3 Å². The minimum Gasteiger partial charge on any atom is -0.465 e. The second-order valence-electron chi connectivity index (χ2n) is 6.11. The molecule has 1 amide bonds. The Morgan fingerprint density at radius 3 is 2.76 bits per heavy atom. The molecule has 2 aromatic heterocycles. The SMILES string of the molecule is CNc1nc(NC2CC(OC)CN2C(=O)O)nc2nc(C)cc(C)c12. The van der Waals surface area contributed by atoms with E-state index in [9.17, 15) is 9.90 Å². The van der Waals surface area contributed by atoms with Gasteiger partial charge in [0.05, 0.1) is 18.0 Å². The number of rotatable bonds is 4. The molecular weight excluding hydrogens is 324 g/mol. The van der Waals surface area contributed by atoms with E-state index in [2.05, 4.69) is 25.6 Å². The predicted octanol–water partition coefficient (Wildman–Crippen LogP) is 1.82. The molecule has 3 rings (SSSR count). The molecule has 0 aliphatic carbocycles. The second kappa shape index (κ2) is 6.67. The number of likely N-dealkylation sites (tertiary alicyclic amines) is 1. The number of amides is 1. The van der Waals surface area contributed by atoms with E-state index < -0.39 is 12.3 Å². The van der Waals surface area contributed by atoms with Gasteiger partial charge >= 0.3 is 6.09 Å². The molecule has 9 heteroatoms. The zero-order valence-electron chi connectivity index (χ0n) is 14.7. The Bertz CT molecular complexity index is 812. The molecule has 2 aromatic rings. The molecule has 1 aliphatic rings. The first-order valence-electron chi connectivity index (χ1n) is 8.05. The molecule has 3 heterocycles. The summed E-state index contributed by atoms with van der Waals surface area (Å²) in [5, 5.41) is 16.4. The lowest BCUT2D eigenvalue weighted by Gasteiger charge is -2.22. The molecule has 3 N–H and O–H groups in total. The number of hydrogen-bond donors (Lipinski definition) is 3. The van der Waals surface area contributed by atoms with E-state index in [1.165, 1.54) is 4.90 Å². The van der Waals surface area contributed by atoms with Crippen molar-refractivity contribution in [1.29, 1.82) is 0 Å². The van der Waals surface area contributed by atoms with Crippen LogP contribution in [0.15, 0.2) is 6.07 Å². The summed E-state index contributed by atoms with van der Waals surface area (Å²) >= 11 is 0. The van der Waals surface area contributed by atoms with Crippen LogP contribution in [0.2, 0.25) is 0 Å². The van der Waals surface area contributed by atoms with Crippen molar-refractivity contribution in [2.45, 2.75) is 32.5 Å². The molecule has 0 saturated carbocycles. The molecule has 134 valence electrons. The van der Waals surface area contributed by atoms with Gasteiger partial charge in [-0.05, 0) is 25.5 Å². The number of nitrogens with one attached hydrogen (secondary N) is 2. The highest BCUT2D eigenvalue weighted by Crippen LogP contribution is 2.26. The largest absolute Gasteiger partial charge is 0.465 e. The molecular formula is C16H22N6O3. The van der Waals surface area contributed by atoms with E-state index in [4.69, 9.17) is 4.74 Å². The Kier molecular flexibility index (Phi) is 4.58. The minimum absolute atomic E-state index is 0.152. The van der Waals surface area contributed by atoms with Crippen molar-refractivity contribution in [3.8, 4) is 0 Å². The molecule has 0 spiro atoms. The zero-order chi connectivity index (χ0) is 18.1. The average molecular weight is 346 g/mol. The van der Waals surface area contributed by atoms with Crippen LogP contribution in [0.1, 0.15) is 17.7 Å². The van der Waals surface area contributed by atoms with E-state index in [-0.39, 0.29) is 6.10 Å². The highest BCUT2D eigenvalue weighted by atomic mass is 16.5. The van der Waals surface area contributed by atoms with Gasteiger partial charge in [0.15, 0.2) is 5.65 Å². The topological polar surface area (TPSA) is 113 Å². The van der Waals surface area contributed by atoms with Crippen LogP contribution in [0.5, 0.6) is 0 Å². The molecule has 2 unspecified atom stereocenters. The standard InChI is InChI=1S/C16H22N6O3/c1-8-5-9(2)18-14-12(8)13(17-3)20-15(21-14)19-11-6-10(25-4)7-22(11)16(23)24/h5,10-11H,6-7H2,1-4H3,(H,23,24)(H2,17,18,19,20,21). The van der Waals surface area contributed by atoms with Crippen molar-refractivity contribution >= 4 is 28.9 Å². The fourth-order valence-electron chi connectivity index (χ4n) is 3.19. The molecule has 1 aliphatic heterocycles. The predicted molar refractivity (Wildman–Crippen MR) is 93.9 cm³/mol. The van der Waals surface area contributed by atoms with E-state index >= 15 is 0 Å². The van der Waals surface area contributed by atoms with Gasteiger partial charge in [0.1, 0.15) is 12.0 Å². The maximum atomic E-state index is 11.5. The third kappa shape index (κ3) is 3.27. The van der Waals surface area contributed by atoms with Crippen LogP contribution in [-0.4, -0.2) is 64.0 Å². The van der Waals surface area contributed by atoms with E-state index in [1.807, 2.05) is 19.9 Å². The number of nitrogens with zero attached hydrogens (tertiary/aromatic N) is 4. The Morgan fingerprint density at radius 1 is 1.36 bits per heavy atom. The first-order chi connectivity index (χ1) is 11.9. The van der Waals surface area contributed by atoms with Crippen LogP contribution in [0, 0.1) is 13.8 Å². The molecule has 2 atom stereocenters. The molecule has 0 radical (unpaired) electrons. The van der Waals surface area contributed by atoms with Crippen molar-refractivity contribution in [1.82, 2.24) is 19.9 Å². The van der Waals surface area contributed by atoms with Crippen molar-refractivity contribution < 1.29 is 14.6 Å². The normalized spacial score (nSPS) is 20.1. The highest BCUT2D eigenvalue weighted by molar-refractivity contribution is 5.90. The van der Waals surface area contributed by atoms with E-state index in [1.54, 1.807) is 14.2 Å². The number of ether oxygens (including phenoxy) is 1. The number of carboxylic acid groups (broad SMARTS) is 1. The van der Waals surface area contributed by atoms with Crippen molar-refractivity contribution in [2.24, 2.45) is 0 Å². The van der Waals surface area contributed by atoms with Gasteiger partial charge < -0.3 is 20.5 Å². The summed E-state index contributed by atoms with van der Waals surface area (Å²) in [6.07, 6.45) is -1.08. The van der Waals surface area contributed by atoms with Gasteiger partial charge in [0.2, 0.25) is 5.95 Å². The maximum absolute atomic E-state index is 11.5. The average Bonchev–Trinajstić information content (AvgIpc) is 2.96. The van der Waals surface area contributed by atoms with Gasteiger partial charge in [-0.2, -0.15) is 9.97 Å². The lowest BCUT2D eigenvalue weighted by atomic mass is 10.1. The molecule has 0 aromatic carbocycles. The van der Waals surface area contributed by atoms with Gasteiger partial charge in [0.25, 0.3) is 0 Å². The summed E-state index contributed by atoms with van der Waals surface area (Å²) in [7, 11) is 3.36. The molecule has 25 heavy (non-hydrogen) atoms. The molecule has 1 fully saturated rings. The number of fused-ring (bicyclic) bond motifs is 1. The number of carbonyl (C=O) groups is 1. The fourth-order valence-corrected chi connectivity index (χ4v) is 3.19. The van der Waals surface area contributed by atoms with Crippen LogP contribution in [-0.2, 0) is 4.74 Å². The smallest absolute Gasteiger partial charge is 0.409 e. The minimum atomic E-state index is -1.00. The van der Waals surface area contributed by atoms with Crippen LogP contribution in [0.25, 0.3) is 11.0 Å². The number of anilines is 2. The Balaban J connectivity index is 1.97. The summed E-state index contributed by atoms with van der Waals surface area (Å²) in [6.45, 7) is 4.21. The summed E-state index contributed by atoms with van der Waals surface area (Å²) < 4.78 is 5.30. The third-order valence-electron chi connectivity index (χ3n) is 4.37. The number of aryl methyl sites for hydroxylation is 2. The third-order valence-corrected chi connectivity index (χ3v) is 4.37. The van der Waals surface area contributed by atoms with Gasteiger partial charge in [-0.3, -0.25) is 4.90 Å². The van der Waals surface area contributed by atoms with Crippen molar-refractivity contribution in [3.63, 3.8) is 0 Å². The molecule has 1 saturated heterocycles. The quantitative estimate of drug-likeness (QED) is 0.768. The molecule has 0 bridgehead atoms. The van der Waals surface area contributed by atoms with Gasteiger partial charge in [0, 0.05) is 26.3 Å². The fraction of sp³-hybridized carbons (Fsp3) is 0.500. The number of methoxy groups -OCH3 is 1. The Labute approximate surface area is 145 Å². The van der Waals surface area contributed by atoms with Crippen LogP contribution in [0.3, 0.4) is 0 Å². The number of pyridine rings is 1. The summed E-state index contributed by atoms with van der Waals surface area (Å²) in [5.41, 5.74) is 2.47. The lowest BCUT2D eigenvalue weighted by molar-refractivity contribution is 0.103. The zero-order valence-corrected chi connectivity index (χ0v) is 14.7. The molecule has 9 nitrogen and oxygen atoms in total. The monoisotopic (exact) mass is 346 g/mol. The van der Waals surface area contributed by atoms with Crippen LogP contribution < -0.4 is 10.6 Å². The Morgan fingerprint density at radius 2 is 2.12 bits per heavy atom. The number of hydrogen-bond acceptors (Lipinski definition) is 7. The maximum Gasteiger partial charge on any atom is 0.409 e. The van der Waals surface area contributed by atoms with E-state index in [0.717, 1.165) is 16.6 Å². The van der Waals surface area contributed by atoms with Gasteiger partial charge in [-0.1, -0.05) is 0 Å². The summed E-state index contributed by atoms with van der Waals surface area (Å²) in [5.74, 6) is 0.989. The van der Waals surface area contributed by atoms with Gasteiger partial charge in [-0.25, -0.2) is 9.78 Å².